The van der Waals surface area contributed by atoms with Gasteiger partial charge in [0.05, 0.1) is 17.3 Å². The number of anilines is 1. The molecule has 0 bridgehead atoms. The van der Waals surface area contributed by atoms with E-state index in [2.05, 4.69) is 32.2 Å². The highest BCUT2D eigenvalue weighted by Gasteiger charge is 2.15. The summed E-state index contributed by atoms with van der Waals surface area (Å²) in [5.41, 5.74) is 3.65. The Morgan fingerprint density at radius 2 is 1.76 bits per heavy atom. The van der Waals surface area contributed by atoms with Crippen molar-refractivity contribution in [3.63, 3.8) is 0 Å². The van der Waals surface area contributed by atoms with Crippen LogP contribution in [0.25, 0.3) is 0 Å². The number of phenols is 1. The van der Waals surface area contributed by atoms with Gasteiger partial charge >= 0.3 is 0 Å². The van der Waals surface area contributed by atoms with Crippen LogP contribution in [0.1, 0.15) is 37.5 Å². The van der Waals surface area contributed by atoms with E-state index < -0.39 is 0 Å². The molecule has 108 valence electrons. The van der Waals surface area contributed by atoms with Gasteiger partial charge in [-0.05, 0) is 40.8 Å². The van der Waals surface area contributed by atoms with E-state index in [1.807, 2.05) is 24.3 Å². The molecule has 0 aromatic heterocycles. The standard InChI is InChI=1S/C18H20N2O/c1-18(2,3)15-8-9-17(21)16(10-15)20-12-14-6-4-13(11-19)5-7-14/h4-10,20-21H,12H2,1-3H3. The van der Waals surface area contributed by atoms with Gasteiger partial charge in [0, 0.05) is 6.54 Å². The van der Waals surface area contributed by atoms with Gasteiger partial charge in [-0.25, -0.2) is 0 Å². The fraction of sp³-hybridized carbons (Fsp3) is 0.278. The second-order valence-electron chi connectivity index (χ2n) is 6.14. The first kappa shape index (κ1) is 14.9. The molecule has 2 N–H and O–H groups in total. The van der Waals surface area contributed by atoms with Gasteiger partial charge in [0.1, 0.15) is 5.75 Å². The summed E-state index contributed by atoms with van der Waals surface area (Å²) in [6, 6.07) is 15.2. The molecule has 2 aromatic carbocycles. The number of benzene rings is 2. The first-order valence-electron chi connectivity index (χ1n) is 6.96. The maximum atomic E-state index is 9.96. The Kier molecular flexibility index (Phi) is 4.18. The lowest BCUT2D eigenvalue weighted by molar-refractivity contribution is 0.476. The van der Waals surface area contributed by atoms with Crippen molar-refractivity contribution in [3.8, 4) is 11.8 Å². The number of nitrogens with zero attached hydrogens (tertiary/aromatic N) is 1. The Labute approximate surface area is 125 Å². The number of aromatic hydroxyl groups is 1. The molecule has 0 fully saturated rings. The molecule has 3 heteroatoms. The van der Waals surface area contributed by atoms with Crippen molar-refractivity contribution in [2.24, 2.45) is 0 Å². The van der Waals surface area contributed by atoms with Gasteiger partial charge in [-0.3, -0.25) is 0 Å². The van der Waals surface area contributed by atoms with Gasteiger partial charge < -0.3 is 10.4 Å². The first-order valence-corrected chi connectivity index (χ1v) is 6.96. The second-order valence-corrected chi connectivity index (χ2v) is 6.14. The fourth-order valence-electron chi connectivity index (χ4n) is 2.04. The Hall–Kier alpha value is -2.47. The quantitative estimate of drug-likeness (QED) is 0.829. The van der Waals surface area contributed by atoms with Gasteiger partial charge in [0.25, 0.3) is 0 Å². The van der Waals surface area contributed by atoms with E-state index in [-0.39, 0.29) is 11.2 Å². The Balaban J connectivity index is 2.14. The highest BCUT2D eigenvalue weighted by atomic mass is 16.3. The molecule has 2 rings (SSSR count). The van der Waals surface area contributed by atoms with E-state index in [9.17, 15) is 5.11 Å². The molecule has 0 heterocycles. The van der Waals surface area contributed by atoms with Crippen LogP contribution in [-0.4, -0.2) is 5.11 Å². The maximum absolute atomic E-state index is 9.96. The Morgan fingerprint density at radius 1 is 1.10 bits per heavy atom. The predicted octanol–water partition coefficient (Wildman–Crippen LogP) is 4.17. The SMILES string of the molecule is CC(C)(C)c1ccc(O)c(NCc2ccc(C#N)cc2)c1. The molecule has 0 unspecified atom stereocenters. The summed E-state index contributed by atoms with van der Waals surface area (Å²) in [7, 11) is 0. The van der Waals surface area contributed by atoms with Crippen LogP contribution >= 0.6 is 0 Å². The molecule has 0 saturated heterocycles. The van der Waals surface area contributed by atoms with Crippen molar-refractivity contribution in [2.75, 3.05) is 5.32 Å². The molecule has 0 saturated carbocycles. The molecule has 0 amide bonds. The molecule has 0 aliphatic heterocycles. The highest BCUT2D eigenvalue weighted by Crippen LogP contribution is 2.30. The summed E-state index contributed by atoms with van der Waals surface area (Å²) in [4.78, 5) is 0. The number of phenolic OH excluding ortho intramolecular Hbond substituents is 1. The van der Waals surface area contributed by atoms with E-state index in [0.717, 1.165) is 11.3 Å². The largest absolute Gasteiger partial charge is 0.506 e. The zero-order chi connectivity index (χ0) is 15.5. The van der Waals surface area contributed by atoms with Gasteiger partial charge in [-0.1, -0.05) is 39.0 Å². The van der Waals surface area contributed by atoms with Crippen LogP contribution in [0, 0.1) is 11.3 Å². The van der Waals surface area contributed by atoms with Crippen molar-refractivity contribution in [1.82, 2.24) is 0 Å². The lowest BCUT2D eigenvalue weighted by Gasteiger charge is -2.20. The van der Waals surface area contributed by atoms with Crippen LogP contribution in [0.2, 0.25) is 0 Å². The summed E-state index contributed by atoms with van der Waals surface area (Å²) in [5.74, 6) is 0.247. The van der Waals surface area contributed by atoms with Crippen LogP contribution in [0.5, 0.6) is 5.75 Å². The molecule has 0 atom stereocenters. The molecule has 2 aromatic rings. The molecule has 21 heavy (non-hydrogen) atoms. The number of nitrogens with one attached hydrogen (secondary N) is 1. The van der Waals surface area contributed by atoms with E-state index in [0.29, 0.717) is 12.1 Å². The number of rotatable bonds is 3. The van der Waals surface area contributed by atoms with Crippen LogP contribution in [-0.2, 0) is 12.0 Å². The van der Waals surface area contributed by atoms with Crippen molar-refractivity contribution in [3.05, 3.63) is 59.2 Å². The van der Waals surface area contributed by atoms with E-state index in [4.69, 9.17) is 5.26 Å². The van der Waals surface area contributed by atoms with Crippen molar-refractivity contribution >= 4 is 5.69 Å². The predicted molar refractivity (Wildman–Crippen MR) is 85.3 cm³/mol. The number of nitriles is 1. The van der Waals surface area contributed by atoms with Crippen molar-refractivity contribution in [2.45, 2.75) is 32.7 Å². The first-order chi connectivity index (χ1) is 9.90. The van der Waals surface area contributed by atoms with Crippen LogP contribution in [0.4, 0.5) is 5.69 Å². The smallest absolute Gasteiger partial charge is 0.138 e. The third kappa shape index (κ3) is 3.76. The summed E-state index contributed by atoms with van der Waals surface area (Å²) in [5, 5.41) is 22.0. The molecule has 0 spiro atoms. The Morgan fingerprint density at radius 3 is 2.33 bits per heavy atom. The number of hydrogen-bond donors (Lipinski definition) is 2. The zero-order valence-corrected chi connectivity index (χ0v) is 12.6. The van der Waals surface area contributed by atoms with Crippen LogP contribution in [0.3, 0.4) is 0 Å². The third-order valence-electron chi connectivity index (χ3n) is 3.43. The van der Waals surface area contributed by atoms with Crippen molar-refractivity contribution in [1.29, 1.82) is 5.26 Å². The van der Waals surface area contributed by atoms with E-state index in [1.165, 1.54) is 5.56 Å². The molecule has 0 radical (unpaired) electrons. The molecule has 0 aliphatic carbocycles. The highest BCUT2D eigenvalue weighted by molar-refractivity contribution is 5.58. The lowest BCUT2D eigenvalue weighted by Crippen LogP contribution is -2.11. The average molecular weight is 280 g/mol. The minimum absolute atomic E-state index is 0.0403. The van der Waals surface area contributed by atoms with Crippen LogP contribution < -0.4 is 5.32 Å². The van der Waals surface area contributed by atoms with Gasteiger partial charge in [0.15, 0.2) is 0 Å². The average Bonchev–Trinajstić information content (AvgIpc) is 2.45. The van der Waals surface area contributed by atoms with E-state index >= 15 is 0 Å². The number of hydrogen-bond acceptors (Lipinski definition) is 3. The van der Waals surface area contributed by atoms with Gasteiger partial charge in [0.2, 0.25) is 0 Å². The molecule has 3 nitrogen and oxygen atoms in total. The van der Waals surface area contributed by atoms with Gasteiger partial charge in [-0.15, -0.1) is 0 Å². The normalized spacial score (nSPS) is 11.0. The minimum Gasteiger partial charge on any atom is -0.506 e. The maximum Gasteiger partial charge on any atom is 0.138 e. The molecule has 0 aliphatic rings. The zero-order valence-electron chi connectivity index (χ0n) is 12.6. The van der Waals surface area contributed by atoms with E-state index in [1.54, 1.807) is 18.2 Å². The summed E-state index contributed by atoms with van der Waals surface area (Å²) >= 11 is 0. The monoisotopic (exact) mass is 280 g/mol. The lowest BCUT2D eigenvalue weighted by atomic mass is 9.87. The topological polar surface area (TPSA) is 56.0 Å². The summed E-state index contributed by atoms with van der Waals surface area (Å²) < 4.78 is 0. The second kappa shape index (κ2) is 5.88. The summed E-state index contributed by atoms with van der Waals surface area (Å²) in [6.07, 6.45) is 0. The fourth-order valence-corrected chi connectivity index (χ4v) is 2.04. The molecular weight excluding hydrogens is 260 g/mol. The van der Waals surface area contributed by atoms with Crippen molar-refractivity contribution < 1.29 is 5.11 Å². The minimum atomic E-state index is 0.0403. The molecular formula is C18H20N2O. The van der Waals surface area contributed by atoms with Crippen LogP contribution in [0.15, 0.2) is 42.5 Å². The van der Waals surface area contributed by atoms with Gasteiger partial charge in [-0.2, -0.15) is 5.26 Å². The summed E-state index contributed by atoms with van der Waals surface area (Å²) in [6.45, 7) is 7.03. The Bertz CT molecular complexity index is 661. The third-order valence-corrected chi connectivity index (χ3v) is 3.43.